The van der Waals surface area contributed by atoms with E-state index < -0.39 is 0 Å². The maximum atomic E-state index is 5.28. The molecule has 1 unspecified atom stereocenters. The highest BCUT2D eigenvalue weighted by atomic mass is 15.0. The Morgan fingerprint density at radius 3 is 2.57 bits per heavy atom. The number of hydrogen-bond donors (Lipinski definition) is 2. The number of rotatable bonds is 2. The Morgan fingerprint density at radius 2 is 2.43 bits per heavy atom. The number of nitrogens with two attached hydrogens (primary N) is 1. The van der Waals surface area contributed by atoms with Crippen LogP contribution in [0.15, 0.2) is 4.99 Å². The van der Waals surface area contributed by atoms with Crippen molar-refractivity contribution in [2.45, 2.75) is 13.1 Å². The van der Waals surface area contributed by atoms with Crippen LogP contribution in [0.3, 0.4) is 0 Å². The zero-order chi connectivity index (χ0) is 5.70. The van der Waals surface area contributed by atoms with Crippen molar-refractivity contribution in [3.8, 4) is 0 Å². The SMILES string of the molecule is C/N=C\NC(C)N. The van der Waals surface area contributed by atoms with Crippen LogP contribution in [0.2, 0.25) is 0 Å². The van der Waals surface area contributed by atoms with Gasteiger partial charge in [-0.05, 0) is 6.92 Å². The molecule has 42 valence electrons. The molecular formula is C4H11N3. The molecule has 0 bridgehead atoms. The molecule has 0 aliphatic heterocycles. The van der Waals surface area contributed by atoms with Crippen LogP contribution in [0.25, 0.3) is 0 Å². The molecule has 7 heavy (non-hydrogen) atoms. The second-order valence-electron chi connectivity index (χ2n) is 1.34. The summed E-state index contributed by atoms with van der Waals surface area (Å²) in [6.07, 6.45) is 1.58. The van der Waals surface area contributed by atoms with Crippen LogP contribution in [-0.2, 0) is 0 Å². The van der Waals surface area contributed by atoms with Crippen molar-refractivity contribution >= 4 is 6.34 Å². The lowest BCUT2D eigenvalue weighted by Gasteiger charge is -1.99. The second-order valence-corrected chi connectivity index (χ2v) is 1.34. The lowest BCUT2D eigenvalue weighted by molar-refractivity contribution is 0.707. The third-order valence-electron chi connectivity index (χ3n) is 0.467. The van der Waals surface area contributed by atoms with Crippen molar-refractivity contribution < 1.29 is 0 Å². The van der Waals surface area contributed by atoms with Gasteiger partial charge >= 0.3 is 0 Å². The van der Waals surface area contributed by atoms with E-state index >= 15 is 0 Å². The fraction of sp³-hybridized carbons (Fsp3) is 0.750. The van der Waals surface area contributed by atoms with Gasteiger partial charge in [-0.25, -0.2) is 0 Å². The van der Waals surface area contributed by atoms with E-state index in [1.54, 1.807) is 13.4 Å². The standard InChI is InChI=1S/C4H11N3/c1-4(5)7-3-6-2/h3-4H,5H2,1-2H3,(H,6,7). The quantitative estimate of drug-likeness (QED) is 0.281. The predicted molar refractivity (Wildman–Crippen MR) is 31.2 cm³/mol. The largest absolute Gasteiger partial charge is 0.362 e. The van der Waals surface area contributed by atoms with Gasteiger partial charge in [-0.2, -0.15) is 0 Å². The molecule has 0 heterocycles. The molecule has 0 aromatic carbocycles. The first-order valence-corrected chi connectivity index (χ1v) is 2.19. The third-order valence-corrected chi connectivity index (χ3v) is 0.467. The summed E-state index contributed by atoms with van der Waals surface area (Å²) in [5.74, 6) is 0. The lowest BCUT2D eigenvalue weighted by atomic mass is 10.6. The van der Waals surface area contributed by atoms with Gasteiger partial charge in [0, 0.05) is 7.05 Å². The molecule has 0 fully saturated rings. The molecule has 1 atom stereocenters. The predicted octanol–water partition coefficient (Wildman–Crippen LogP) is -0.461. The highest BCUT2D eigenvalue weighted by Crippen LogP contribution is 1.57. The molecule has 0 aliphatic rings. The van der Waals surface area contributed by atoms with Gasteiger partial charge in [0.25, 0.3) is 0 Å². The monoisotopic (exact) mass is 101 g/mol. The first-order chi connectivity index (χ1) is 3.27. The summed E-state index contributed by atoms with van der Waals surface area (Å²) in [7, 11) is 1.69. The molecule has 0 aromatic rings. The molecule has 0 aromatic heterocycles. The lowest BCUT2D eigenvalue weighted by Crippen LogP contribution is -2.32. The van der Waals surface area contributed by atoms with Crippen LogP contribution in [-0.4, -0.2) is 19.6 Å². The smallest absolute Gasteiger partial charge is 0.0832 e. The first-order valence-electron chi connectivity index (χ1n) is 2.19. The molecule has 0 saturated carbocycles. The number of hydrogen-bond acceptors (Lipinski definition) is 2. The van der Waals surface area contributed by atoms with Crippen molar-refractivity contribution in [2.75, 3.05) is 7.05 Å². The zero-order valence-electron chi connectivity index (χ0n) is 4.68. The van der Waals surface area contributed by atoms with Crippen molar-refractivity contribution in [1.29, 1.82) is 0 Å². The molecule has 0 radical (unpaired) electrons. The molecule has 0 saturated heterocycles. The van der Waals surface area contributed by atoms with Gasteiger partial charge in [0.1, 0.15) is 0 Å². The Labute approximate surface area is 43.6 Å². The Kier molecular flexibility index (Phi) is 3.32. The molecule has 0 aliphatic carbocycles. The topological polar surface area (TPSA) is 50.4 Å². The van der Waals surface area contributed by atoms with Gasteiger partial charge in [0.15, 0.2) is 0 Å². The molecule has 0 spiro atoms. The Morgan fingerprint density at radius 1 is 1.86 bits per heavy atom. The Balaban J connectivity index is 2.97. The minimum Gasteiger partial charge on any atom is -0.362 e. The van der Waals surface area contributed by atoms with Crippen LogP contribution in [0.4, 0.5) is 0 Å². The minimum atomic E-state index is 0.00343. The fourth-order valence-corrected chi connectivity index (χ4v) is 0.192. The van der Waals surface area contributed by atoms with Gasteiger partial charge in [-0.3, -0.25) is 4.99 Å². The van der Waals surface area contributed by atoms with Gasteiger partial charge in [0.05, 0.1) is 12.5 Å². The van der Waals surface area contributed by atoms with E-state index in [-0.39, 0.29) is 6.17 Å². The van der Waals surface area contributed by atoms with E-state index in [1.165, 1.54) is 0 Å². The summed E-state index contributed by atoms with van der Waals surface area (Å²) in [5, 5.41) is 2.78. The summed E-state index contributed by atoms with van der Waals surface area (Å²) in [4.78, 5) is 3.66. The van der Waals surface area contributed by atoms with Gasteiger partial charge < -0.3 is 11.1 Å². The van der Waals surface area contributed by atoms with Gasteiger partial charge in [-0.1, -0.05) is 0 Å². The summed E-state index contributed by atoms with van der Waals surface area (Å²) in [5.41, 5.74) is 5.28. The van der Waals surface area contributed by atoms with E-state index in [4.69, 9.17) is 5.73 Å². The molecule has 3 nitrogen and oxygen atoms in total. The van der Waals surface area contributed by atoms with Crippen molar-refractivity contribution in [2.24, 2.45) is 10.7 Å². The van der Waals surface area contributed by atoms with Crippen LogP contribution in [0, 0.1) is 0 Å². The van der Waals surface area contributed by atoms with Crippen molar-refractivity contribution in [3.63, 3.8) is 0 Å². The van der Waals surface area contributed by atoms with Gasteiger partial charge in [-0.15, -0.1) is 0 Å². The van der Waals surface area contributed by atoms with Gasteiger partial charge in [0.2, 0.25) is 0 Å². The van der Waals surface area contributed by atoms with E-state index in [1.807, 2.05) is 6.92 Å². The molecule has 0 rings (SSSR count). The number of aliphatic imine (C=N–C) groups is 1. The number of nitrogens with zero attached hydrogens (tertiary/aromatic N) is 1. The molecular weight excluding hydrogens is 90.1 g/mol. The maximum absolute atomic E-state index is 5.28. The van der Waals surface area contributed by atoms with Crippen LogP contribution in [0.1, 0.15) is 6.92 Å². The molecule has 3 heteroatoms. The van der Waals surface area contributed by atoms with Crippen LogP contribution < -0.4 is 11.1 Å². The average molecular weight is 101 g/mol. The fourth-order valence-electron chi connectivity index (χ4n) is 0.192. The third kappa shape index (κ3) is 5.43. The Hall–Kier alpha value is -0.570. The van der Waals surface area contributed by atoms with Crippen molar-refractivity contribution in [3.05, 3.63) is 0 Å². The normalized spacial score (nSPS) is 14.7. The Bertz CT molecular complexity index is 58.0. The van der Waals surface area contributed by atoms with E-state index in [0.717, 1.165) is 0 Å². The summed E-state index contributed by atoms with van der Waals surface area (Å²) in [6.45, 7) is 1.85. The van der Waals surface area contributed by atoms with E-state index in [9.17, 15) is 0 Å². The highest BCUT2D eigenvalue weighted by molar-refractivity contribution is 5.53. The molecule has 3 N–H and O–H groups in total. The minimum absolute atomic E-state index is 0.00343. The van der Waals surface area contributed by atoms with E-state index in [0.29, 0.717) is 0 Å². The second kappa shape index (κ2) is 3.61. The number of nitrogens with one attached hydrogen (secondary N) is 1. The van der Waals surface area contributed by atoms with Crippen LogP contribution in [0.5, 0.6) is 0 Å². The summed E-state index contributed by atoms with van der Waals surface area (Å²) in [6, 6.07) is 0. The zero-order valence-corrected chi connectivity index (χ0v) is 4.68. The van der Waals surface area contributed by atoms with Crippen LogP contribution >= 0.6 is 0 Å². The summed E-state index contributed by atoms with van der Waals surface area (Å²) < 4.78 is 0. The summed E-state index contributed by atoms with van der Waals surface area (Å²) >= 11 is 0. The maximum Gasteiger partial charge on any atom is 0.0832 e. The van der Waals surface area contributed by atoms with Crippen molar-refractivity contribution in [1.82, 2.24) is 5.32 Å². The van der Waals surface area contributed by atoms with E-state index in [2.05, 4.69) is 10.3 Å². The molecule has 0 amide bonds. The highest BCUT2D eigenvalue weighted by Gasteiger charge is 1.80. The first kappa shape index (κ1) is 6.43. The average Bonchev–Trinajstić information content (AvgIpc) is 1.61.